The number of likely N-dealkylation sites (N-methyl/N-ethyl adjacent to an activating group) is 1. The summed E-state index contributed by atoms with van der Waals surface area (Å²) in [6, 6.07) is 0. The lowest BCUT2D eigenvalue weighted by Crippen LogP contribution is -2.26. The van der Waals surface area contributed by atoms with Crippen LogP contribution in [0.3, 0.4) is 0 Å². The minimum absolute atomic E-state index is 1.13. The average molecular weight is 257 g/mol. The number of likely N-dealkylation sites (tertiary alicyclic amines) is 1. The van der Waals surface area contributed by atoms with Crippen LogP contribution in [0.5, 0.6) is 0 Å². The first-order valence-corrected chi connectivity index (χ1v) is 7.36. The van der Waals surface area contributed by atoms with Gasteiger partial charge in [0.05, 0.1) is 0 Å². The SMILES string of the molecule is Cc1c(C)c(C)c(/C=C2/CCCN(C)C2)c(C)c1C. The number of benzene rings is 1. The molecule has 1 nitrogen and oxygen atoms in total. The summed E-state index contributed by atoms with van der Waals surface area (Å²) in [6.07, 6.45) is 5.01. The van der Waals surface area contributed by atoms with Crippen LogP contribution in [0.2, 0.25) is 0 Å². The highest BCUT2D eigenvalue weighted by Crippen LogP contribution is 2.29. The number of hydrogen-bond donors (Lipinski definition) is 0. The van der Waals surface area contributed by atoms with E-state index in [4.69, 9.17) is 0 Å². The van der Waals surface area contributed by atoms with Crippen molar-refractivity contribution in [3.8, 4) is 0 Å². The summed E-state index contributed by atoms with van der Waals surface area (Å²) in [7, 11) is 2.22. The first-order chi connectivity index (χ1) is 8.91. The van der Waals surface area contributed by atoms with Crippen LogP contribution in [-0.2, 0) is 0 Å². The molecule has 0 unspecified atom stereocenters. The molecule has 1 aliphatic heterocycles. The molecule has 19 heavy (non-hydrogen) atoms. The van der Waals surface area contributed by atoms with Gasteiger partial charge in [0.1, 0.15) is 0 Å². The van der Waals surface area contributed by atoms with Crippen molar-refractivity contribution in [1.29, 1.82) is 0 Å². The van der Waals surface area contributed by atoms with Gasteiger partial charge in [-0.3, -0.25) is 0 Å². The first kappa shape index (κ1) is 14.3. The monoisotopic (exact) mass is 257 g/mol. The van der Waals surface area contributed by atoms with Crippen molar-refractivity contribution < 1.29 is 0 Å². The van der Waals surface area contributed by atoms with Crippen LogP contribution in [0.1, 0.15) is 46.2 Å². The molecule has 0 bridgehead atoms. The average Bonchev–Trinajstić information content (AvgIpc) is 2.39. The van der Waals surface area contributed by atoms with Gasteiger partial charge in [0.2, 0.25) is 0 Å². The van der Waals surface area contributed by atoms with Gasteiger partial charge in [-0.2, -0.15) is 0 Å². The van der Waals surface area contributed by atoms with Gasteiger partial charge < -0.3 is 4.90 Å². The number of hydrogen-bond acceptors (Lipinski definition) is 1. The third kappa shape index (κ3) is 2.76. The largest absolute Gasteiger partial charge is 0.302 e. The van der Waals surface area contributed by atoms with Crippen molar-refractivity contribution in [2.75, 3.05) is 20.1 Å². The number of piperidine rings is 1. The van der Waals surface area contributed by atoms with E-state index in [1.165, 1.54) is 52.8 Å². The van der Waals surface area contributed by atoms with Gasteiger partial charge >= 0.3 is 0 Å². The molecule has 0 amide bonds. The van der Waals surface area contributed by atoms with Crippen LogP contribution in [0, 0.1) is 34.6 Å². The molecule has 1 aromatic carbocycles. The summed E-state index contributed by atoms with van der Waals surface area (Å²) in [4.78, 5) is 2.42. The zero-order chi connectivity index (χ0) is 14.2. The molecule has 1 saturated heterocycles. The predicted octanol–water partition coefficient (Wildman–Crippen LogP) is 4.34. The van der Waals surface area contributed by atoms with Gasteiger partial charge in [-0.05, 0) is 94.4 Å². The Balaban J connectivity index is 2.48. The summed E-state index contributed by atoms with van der Waals surface area (Å²) in [5, 5.41) is 0. The van der Waals surface area contributed by atoms with Crippen LogP contribution in [0.25, 0.3) is 6.08 Å². The van der Waals surface area contributed by atoms with Crippen molar-refractivity contribution in [2.24, 2.45) is 0 Å². The molecule has 2 rings (SSSR count). The maximum atomic E-state index is 2.46. The summed E-state index contributed by atoms with van der Waals surface area (Å²) >= 11 is 0. The van der Waals surface area contributed by atoms with Crippen LogP contribution >= 0.6 is 0 Å². The maximum absolute atomic E-state index is 2.46. The molecule has 104 valence electrons. The van der Waals surface area contributed by atoms with E-state index in [1.54, 1.807) is 5.57 Å². The third-order valence-corrected chi connectivity index (χ3v) is 4.92. The molecule has 1 aromatic rings. The van der Waals surface area contributed by atoms with Crippen LogP contribution in [0.4, 0.5) is 0 Å². The molecule has 1 fully saturated rings. The zero-order valence-corrected chi connectivity index (χ0v) is 13.4. The fraction of sp³-hybridized carbons (Fsp3) is 0.556. The van der Waals surface area contributed by atoms with E-state index in [-0.39, 0.29) is 0 Å². The minimum Gasteiger partial charge on any atom is -0.302 e. The van der Waals surface area contributed by atoms with Gasteiger partial charge in [0.15, 0.2) is 0 Å². The summed E-state index contributed by atoms with van der Waals surface area (Å²) in [5.74, 6) is 0. The van der Waals surface area contributed by atoms with E-state index in [0.717, 1.165) is 6.54 Å². The number of nitrogens with zero attached hydrogens (tertiary/aromatic N) is 1. The van der Waals surface area contributed by atoms with Crippen molar-refractivity contribution in [3.63, 3.8) is 0 Å². The van der Waals surface area contributed by atoms with Crippen molar-refractivity contribution in [1.82, 2.24) is 4.90 Å². The Kier molecular flexibility index (Phi) is 4.15. The Morgan fingerprint density at radius 2 is 1.37 bits per heavy atom. The molecule has 0 atom stereocenters. The lowest BCUT2D eigenvalue weighted by molar-refractivity contribution is 0.324. The van der Waals surface area contributed by atoms with Crippen LogP contribution in [0.15, 0.2) is 5.57 Å². The molecule has 1 aliphatic rings. The Labute approximate surface area is 118 Å². The van der Waals surface area contributed by atoms with Gasteiger partial charge in [-0.25, -0.2) is 0 Å². The normalized spacial score (nSPS) is 19.2. The first-order valence-electron chi connectivity index (χ1n) is 7.36. The van der Waals surface area contributed by atoms with E-state index in [2.05, 4.69) is 52.6 Å². The van der Waals surface area contributed by atoms with Gasteiger partial charge in [0, 0.05) is 6.54 Å². The Bertz CT molecular complexity index is 494. The third-order valence-electron chi connectivity index (χ3n) is 4.92. The smallest absolute Gasteiger partial charge is 0.0193 e. The molecule has 0 saturated carbocycles. The second-order valence-corrected chi connectivity index (χ2v) is 6.18. The highest BCUT2D eigenvalue weighted by Gasteiger charge is 2.14. The van der Waals surface area contributed by atoms with E-state index in [0.29, 0.717) is 0 Å². The number of rotatable bonds is 1. The Morgan fingerprint density at radius 1 is 0.842 bits per heavy atom. The van der Waals surface area contributed by atoms with Crippen molar-refractivity contribution in [2.45, 2.75) is 47.5 Å². The van der Waals surface area contributed by atoms with Crippen molar-refractivity contribution >= 4 is 6.08 Å². The molecule has 0 aromatic heterocycles. The summed E-state index contributed by atoms with van der Waals surface area (Å²) < 4.78 is 0. The Hall–Kier alpha value is -1.08. The Morgan fingerprint density at radius 3 is 1.89 bits per heavy atom. The quantitative estimate of drug-likeness (QED) is 0.723. The molecule has 1 heterocycles. The minimum atomic E-state index is 1.13. The highest BCUT2D eigenvalue weighted by molar-refractivity contribution is 5.65. The van der Waals surface area contributed by atoms with Gasteiger partial charge in [-0.15, -0.1) is 0 Å². The van der Waals surface area contributed by atoms with E-state index in [9.17, 15) is 0 Å². The fourth-order valence-electron chi connectivity index (χ4n) is 3.15. The molecule has 0 spiro atoms. The highest BCUT2D eigenvalue weighted by atomic mass is 15.1. The second-order valence-electron chi connectivity index (χ2n) is 6.18. The molecular formula is C18H27N. The second kappa shape index (κ2) is 5.50. The van der Waals surface area contributed by atoms with Gasteiger partial charge in [0.25, 0.3) is 0 Å². The predicted molar refractivity (Wildman–Crippen MR) is 84.8 cm³/mol. The van der Waals surface area contributed by atoms with Crippen LogP contribution < -0.4 is 0 Å². The fourth-order valence-corrected chi connectivity index (χ4v) is 3.15. The van der Waals surface area contributed by atoms with E-state index < -0.39 is 0 Å². The lowest BCUT2D eigenvalue weighted by Gasteiger charge is -2.25. The van der Waals surface area contributed by atoms with Crippen molar-refractivity contribution in [3.05, 3.63) is 39.0 Å². The molecular weight excluding hydrogens is 230 g/mol. The topological polar surface area (TPSA) is 3.24 Å². The summed E-state index contributed by atoms with van der Waals surface area (Å²) in [6.45, 7) is 13.7. The molecule has 0 radical (unpaired) electrons. The summed E-state index contributed by atoms with van der Waals surface area (Å²) in [5.41, 5.74) is 10.3. The molecule has 0 aliphatic carbocycles. The zero-order valence-electron chi connectivity index (χ0n) is 13.4. The van der Waals surface area contributed by atoms with Crippen LogP contribution in [-0.4, -0.2) is 25.0 Å². The maximum Gasteiger partial charge on any atom is 0.0193 e. The van der Waals surface area contributed by atoms with E-state index in [1.807, 2.05) is 0 Å². The lowest BCUT2D eigenvalue weighted by atomic mass is 9.88. The standard InChI is InChI=1S/C18H27N/c1-12-13(2)15(4)18(16(5)14(12)3)10-17-8-7-9-19(6)11-17/h10H,7-9,11H2,1-6H3/b17-10-. The molecule has 1 heteroatoms. The van der Waals surface area contributed by atoms with E-state index >= 15 is 0 Å². The van der Waals surface area contributed by atoms with Gasteiger partial charge in [-0.1, -0.05) is 11.6 Å². The molecule has 0 N–H and O–H groups in total.